The molecule has 0 spiro atoms. The van der Waals surface area contributed by atoms with Crippen LogP contribution in [0, 0.1) is 23.4 Å². The van der Waals surface area contributed by atoms with Gasteiger partial charge in [-0.2, -0.15) is 0 Å². The highest BCUT2D eigenvalue weighted by molar-refractivity contribution is 6.18. The topological polar surface area (TPSA) is 108 Å². The largest absolute Gasteiger partial charge is 0.403 e. The first-order chi connectivity index (χ1) is 17.1. The van der Waals surface area contributed by atoms with Crippen LogP contribution >= 0.6 is 0 Å². The Morgan fingerprint density at radius 3 is 2.44 bits per heavy atom. The Kier molecular flexibility index (Phi) is 7.60. The Morgan fingerprint density at radius 1 is 1.22 bits per heavy atom. The molecule has 8 nitrogen and oxygen atoms in total. The average molecular weight is 507 g/mol. The van der Waals surface area contributed by atoms with E-state index in [1.54, 1.807) is 4.90 Å². The van der Waals surface area contributed by atoms with Crippen LogP contribution in [0.1, 0.15) is 46.0 Å². The lowest BCUT2D eigenvalue weighted by atomic mass is 9.77. The first-order valence-corrected chi connectivity index (χ1v) is 12.1. The average Bonchev–Trinajstić information content (AvgIpc) is 3.43. The Morgan fingerprint density at radius 2 is 1.89 bits per heavy atom. The zero-order chi connectivity index (χ0) is 26.0. The molecular weight excluding hydrogens is 473 g/mol. The van der Waals surface area contributed by atoms with Crippen LogP contribution < -0.4 is 16.4 Å². The van der Waals surface area contributed by atoms with Gasteiger partial charge in [-0.25, -0.2) is 23.2 Å². The molecule has 4 rings (SSSR count). The van der Waals surface area contributed by atoms with Gasteiger partial charge in [0, 0.05) is 31.0 Å². The second-order valence-electron chi connectivity index (χ2n) is 9.97. The fourth-order valence-electron chi connectivity index (χ4n) is 4.94. The maximum Gasteiger partial charge on any atom is 0.210 e. The molecule has 0 unspecified atom stereocenters. The fraction of sp³-hybridized carbons (Fsp3) is 0.520. The third-order valence-electron chi connectivity index (χ3n) is 6.92. The molecule has 0 bridgehead atoms. The Bertz CT molecular complexity index is 1060. The van der Waals surface area contributed by atoms with Crippen LogP contribution in [0.3, 0.4) is 0 Å². The van der Waals surface area contributed by atoms with Gasteiger partial charge in [-0.1, -0.05) is 6.58 Å². The van der Waals surface area contributed by atoms with E-state index in [9.17, 15) is 18.3 Å². The number of nitrogens with two attached hydrogens (primary N) is 1. The smallest absolute Gasteiger partial charge is 0.210 e. The number of anilines is 1. The minimum Gasteiger partial charge on any atom is -0.403 e. The van der Waals surface area contributed by atoms with Crippen molar-refractivity contribution in [2.45, 2.75) is 63.6 Å². The summed E-state index contributed by atoms with van der Waals surface area (Å²) in [5.74, 6) is -2.10. The maximum atomic E-state index is 14.4. The van der Waals surface area contributed by atoms with Crippen molar-refractivity contribution in [3.8, 4) is 0 Å². The molecule has 1 aromatic rings. The van der Waals surface area contributed by atoms with Gasteiger partial charge < -0.3 is 26.2 Å². The highest BCUT2D eigenvalue weighted by Crippen LogP contribution is 2.33. The molecule has 196 valence electrons. The number of hydrogen-bond acceptors (Lipinski definition) is 7. The van der Waals surface area contributed by atoms with E-state index in [0.717, 1.165) is 25.7 Å². The summed E-state index contributed by atoms with van der Waals surface area (Å²) in [7, 11) is 0. The van der Waals surface area contributed by atoms with Crippen molar-refractivity contribution in [2.75, 3.05) is 18.5 Å². The first-order valence-electron chi connectivity index (χ1n) is 12.1. The molecule has 3 aliphatic rings. The summed E-state index contributed by atoms with van der Waals surface area (Å²) in [6.07, 6.45) is 5.39. The van der Waals surface area contributed by atoms with Crippen molar-refractivity contribution in [3.05, 3.63) is 53.9 Å². The van der Waals surface area contributed by atoms with Gasteiger partial charge in [-0.3, -0.25) is 4.90 Å². The molecular formula is C25H33F3N6O2. The summed E-state index contributed by atoms with van der Waals surface area (Å²) < 4.78 is 47.7. The molecule has 0 radical (unpaired) electrons. The summed E-state index contributed by atoms with van der Waals surface area (Å²) >= 11 is 0. The maximum absolute atomic E-state index is 14.4. The quantitative estimate of drug-likeness (QED) is 0.470. The SMILES string of the molecule is C=C(/N=C1\C(=C/N)N=C(Nc2c(F)cc(F)cc2F)N1[C@H]1CCOC1)N[C@H]1CC[C@H](C(C)(C)O)CC1. The van der Waals surface area contributed by atoms with Crippen LogP contribution in [0.4, 0.5) is 18.9 Å². The standard InChI is InChI=1S/C25H33F3N6O2/c1-14(30-17-6-4-15(5-7-17)25(2,3)35)31-23-21(12-29)32-24(34(23)18-8-9-36-13-18)33-22-19(27)10-16(26)11-20(22)28/h10-12,15,17-18,30,35H,1,4-9,13,29H2,2-3H3,(H,32,33)/b21-12+,31-23+/t15-,17-,18-/m0/s1. The van der Waals surface area contributed by atoms with Crippen LogP contribution in [0.15, 0.2) is 46.4 Å². The molecule has 1 aliphatic carbocycles. The Hall–Kier alpha value is -3.05. The minimum absolute atomic E-state index is 0.101. The van der Waals surface area contributed by atoms with E-state index in [4.69, 9.17) is 10.5 Å². The van der Waals surface area contributed by atoms with Crippen molar-refractivity contribution in [1.29, 1.82) is 0 Å². The highest BCUT2D eigenvalue weighted by Gasteiger charge is 2.37. The van der Waals surface area contributed by atoms with Gasteiger partial charge >= 0.3 is 0 Å². The summed E-state index contributed by atoms with van der Waals surface area (Å²) in [6.45, 7) is 8.59. The number of nitrogens with zero attached hydrogens (tertiary/aromatic N) is 3. The van der Waals surface area contributed by atoms with Crippen molar-refractivity contribution in [3.63, 3.8) is 0 Å². The summed E-state index contributed by atoms with van der Waals surface area (Å²) in [6, 6.07) is 1.12. The van der Waals surface area contributed by atoms with Gasteiger partial charge in [0.15, 0.2) is 17.5 Å². The van der Waals surface area contributed by atoms with E-state index >= 15 is 0 Å². The van der Waals surface area contributed by atoms with Crippen LogP contribution in [0.25, 0.3) is 0 Å². The number of rotatable bonds is 6. The minimum atomic E-state index is -1.09. The third kappa shape index (κ3) is 5.67. The molecule has 2 heterocycles. The number of aliphatic imine (C=N–C) groups is 2. The fourth-order valence-corrected chi connectivity index (χ4v) is 4.94. The van der Waals surface area contributed by atoms with Crippen molar-refractivity contribution < 1.29 is 23.0 Å². The molecule has 2 fully saturated rings. The molecule has 2 aliphatic heterocycles. The molecule has 36 heavy (non-hydrogen) atoms. The third-order valence-corrected chi connectivity index (χ3v) is 6.92. The number of halogens is 3. The second kappa shape index (κ2) is 10.5. The van der Waals surface area contributed by atoms with Crippen LogP contribution in [-0.2, 0) is 4.74 Å². The van der Waals surface area contributed by atoms with E-state index in [0.29, 0.717) is 49.1 Å². The summed E-state index contributed by atoms with van der Waals surface area (Å²) in [5.41, 5.74) is 4.88. The number of hydrogen-bond donors (Lipinski definition) is 4. The van der Waals surface area contributed by atoms with E-state index in [1.807, 2.05) is 13.8 Å². The van der Waals surface area contributed by atoms with Gasteiger partial charge in [0.05, 0.1) is 18.2 Å². The molecule has 1 aromatic carbocycles. The van der Waals surface area contributed by atoms with Crippen LogP contribution in [0.2, 0.25) is 0 Å². The van der Waals surface area contributed by atoms with E-state index < -0.39 is 28.7 Å². The molecule has 5 N–H and O–H groups in total. The monoisotopic (exact) mass is 506 g/mol. The number of amidine groups is 1. The molecule has 1 saturated heterocycles. The van der Waals surface area contributed by atoms with Gasteiger partial charge in [0.2, 0.25) is 5.96 Å². The van der Waals surface area contributed by atoms with Gasteiger partial charge in [-0.05, 0) is 51.9 Å². The van der Waals surface area contributed by atoms with Crippen molar-refractivity contribution in [1.82, 2.24) is 10.2 Å². The number of guanidine groups is 1. The van der Waals surface area contributed by atoms with Crippen molar-refractivity contribution in [2.24, 2.45) is 21.6 Å². The van der Waals surface area contributed by atoms with Crippen LogP contribution in [0.5, 0.6) is 0 Å². The zero-order valence-electron chi connectivity index (χ0n) is 20.5. The Labute approximate surface area is 208 Å². The van der Waals surface area contributed by atoms with Gasteiger partial charge in [-0.15, -0.1) is 0 Å². The lowest BCUT2D eigenvalue weighted by molar-refractivity contribution is -0.00240. The predicted octanol–water partition coefficient (Wildman–Crippen LogP) is 3.57. The predicted molar refractivity (Wildman–Crippen MR) is 132 cm³/mol. The highest BCUT2D eigenvalue weighted by atomic mass is 19.1. The molecule has 0 amide bonds. The molecule has 1 atom stereocenters. The van der Waals surface area contributed by atoms with Gasteiger partial charge in [0.25, 0.3) is 0 Å². The number of aliphatic hydroxyl groups is 1. The van der Waals surface area contributed by atoms with E-state index in [2.05, 4.69) is 27.2 Å². The lowest BCUT2D eigenvalue weighted by Crippen LogP contribution is -2.45. The molecule has 1 saturated carbocycles. The first kappa shape index (κ1) is 26.0. The van der Waals surface area contributed by atoms with E-state index in [-0.39, 0.29) is 24.0 Å². The zero-order valence-corrected chi connectivity index (χ0v) is 20.5. The number of nitrogens with one attached hydrogen (secondary N) is 2. The number of benzene rings is 1. The Balaban J connectivity index is 1.54. The van der Waals surface area contributed by atoms with Crippen LogP contribution in [-0.4, -0.2) is 52.7 Å². The number of ether oxygens (including phenoxy) is 1. The molecule has 11 heteroatoms. The normalized spacial score (nSPS) is 27.0. The summed E-state index contributed by atoms with van der Waals surface area (Å²) in [4.78, 5) is 10.7. The van der Waals surface area contributed by atoms with Gasteiger partial charge in [0.1, 0.15) is 23.0 Å². The molecule has 0 aromatic heterocycles. The summed E-state index contributed by atoms with van der Waals surface area (Å²) in [5, 5.41) is 16.3. The second-order valence-corrected chi connectivity index (χ2v) is 9.97. The van der Waals surface area contributed by atoms with E-state index in [1.165, 1.54) is 6.20 Å². The lowest BCUT2D eigenvalue weighted by Gasteiger charge is -2.36. The van der Waals surface area contributed by atoms with Crippen molar-refractivity contribution >= 4 is 17.5 Å².